The van der Waals surface area contributed by atoms with Crippen molar-refractivity contribution in [2.45, 2.75) is 13.8 Å². The molecule has 0 aromatic carbocycles. The van der Waals surface area contributed by atoms with Gasteiger partial charge >= 0.3 is 7.60 Å². The number of nitrogen functional groups attached to an aromatic ring is 3. The Hall–Kier alpha value is -1.44. The summed E-state index contributed by atoms with van der Waals surface area (Å²) in [5.41, 5.74) is 15.4. The van der Waals surface area contributed by atoms with Crippen molar-refractivity contribution in [1.82, 2.24) is 15.0 Å². The van der Waals surface area contributed by atoms with Crippen LogP contribution in [0, 0.1) is 0 Å². The maximum absolute atomic E-state index is 10.5. The first-order valence-electron chi connectivity index (χ1n) is 4.79. The second-order valence-electron chi connectivity index (χ2n) is 2.78. The number of hydrogen-bond acceptors (Lipinski definition) is 8. The molecule has 0 aliphatic rings. The van der Waals surface area contributed by atoms with Crippen LogP contribution in [-0.2, 0) is 9.09 Å². The second kappa shape index (κ2) is 7.00. The van der Waals surface area contributed by atoms with Crippen molar-refractivity contribution in [3.05, 3.63) is 0 Å². The van der Waals surface area contributed by atoms with Crippen LogP contribution in [0.1, 0.15) is 13.8 Å². The number of nitrogens with zero attached hydrogens (tertiary/aromatic N) is 3. The minimum absolute atomic E-state index is 0.0417. The summed E-state index contributed by atoms with van der Waals surface area (Å²) in [6.45, 7) is 3.62. The molecule has 0 amide bonds. The van der Waals surface area contributed by atoms with Gasteiger partial charge in [-0.2, -0.15) is 15.0 Å². The Bertz CT molecular complexity index is 351. The van der Waals surface area contributed by atoms with Crippen molar-refractivity contribution in [1.29, 1.82) is 0 Å². The van der Waals surface area contributed by atoms with E-state index in [-0.39, 0.29) is 24.0 Å². The van der Waals surface area contributed by atoms with Crippen LogP contribution < -0.4 is 17.2 Å². The highest BCUT2D eigenvalue weighted by atomic mass is 31.2. The van der Waals surface area contributed by atoms with Gasteiger partial charge in [0.25, 0.3) is 0 Å². The lowest BCUT2D eigenvalue weighted by molar-refractivity contribution is 0.275. The normalized spacial score (nSPS) is 13.4. The highest BCUT2D eigenvalue weighted by Gasteiger charge is 2.12. The Morgan fingerprint density at radius 1 is 1.12 bits per heavy atom. The van der Waals surface area contributed by atoms with E-state index >= 15 is 0 Å². The maximum Gasteiger partial charge on any atom is 0.327 e. The van der Waals surface area contributed by atoms with Crippen molar-refractivity contribution >= 4 is 25.4 Å². The molecule has 0 bridgehead atoms. The molecule has 1 aromatic heterocycles. The molecule has 98 valence electrons. The number of rotatable bonds is 3. The highest BCUT2D eigenvalue weighted by Crippen LogP contribution is 2.40. The highest BCUT2D eigenvalue weighted by molar-refractivity contribution is 7.52. The van der Waals surface area contributed by atoms with Gasteiger partial charge < -0.3 is 26.6 Å². The molecule has 0 radical (unpaired) electrons. The number of hydrogen-bond donors (Lipinski definition) is 4. The van der Waals surface area contributed by atoms with Crippen LogP contribution in [0.3, 0.4) is 0 Å². The predicted octanol–water partition coefficient (Wildman–Crippen LogP) is -0.154. The van der Waals surface area contributed by atoms with E-state index in [4.69, 9.17) is 22.1 Å². The lowest BCUT2D eigenvalue weighted by Gasteiger charge is -2.05. The number of nitrogens with two attached hydrogens (primary N) is 3. The molecule has 1 unspecified atom stereocenters. The monoisotopic (exact) mass is 264 g/mol. The fourth-order valence-corrected chi connectivity index (χ4v) is 1.31. The third-order valence-corrected chi connectivity index (χ3v) is 2.88. The van der Waals surface area contributed by atoms with E-state index in [1.165, 1.54) is 0 Å². The fourth-order valence-electron chi connectivity index (χ4n) is 0.720. The third-order valence-electron chi connectivity index (χ3n) is 1.42. The molecule has 0 fully saturated rings. The second-order valence-corrected chi connectivity index (χ2v) is 4.95. The summed E-state index contributed by atoms with van der Waals surface area (Å²) in [7, 11) is -3.17. The van der Waals surface area contributed by atoms with Gasteiger partial charge in [-0.05, 0) is 6.92 Å². The van der Waals surface area contributed by atoms with Crippen molar-refractivity contribution in [2.75, 3.05) is 30.0 Å². The quantitative estimate of drug-likeness (QED) is 0.543. The van der Waals surface area contributed by atoms with E-state index in [0.717, 1.165) is 0 Å². The van der Waals surface area contributed by atoms with E-state index in [1.54, 1.807) is 13.8 Å². The molecule has 7 N–H and O–H groups in total. The zero-order valence-corrected chi connectivity index (χ0v) is 10.6. The molecule has 10 heteroatoms. The molecule has 0 saturated heterocycles. The van der Waals surface area contributed by atoms with Gasteiger partial charge in [0.2, 0.25) is 17.8 Å². The van der Waals surface area contributed by atoms with Crippen molar-refractivity contribution < 1.29 is 14.0 Å². The van der Waals surface area contributed by atoms with E-state index in [1.807, 2.05) is 0 Å². The molecule has 17 heavy (non-hydrogen) atoms. The van der Waals surface area contributed by atoms with Crippen LogP contribution in [0.2, 0.25) is 0 Å². The summed E-state index contributed by atoms with van der Waals surface area (Å²) < 4.78 is 15.0. The van der Waals surface area contributed by atoms with Gasteiger partial charge in [-0.1, -0.05) is 6.92 Å². The van der Waals surface area contributed by atoms with Crippen LogP contribution in [0.15, 0.2) is 0 Å². The third kappa shape index (κ3) is 7.45. The average molecular weight is 264 g/mol. The molecular weight excluding hydrogens is 247 g/mol. The zero-order valence-electron chi connectivity index (χ0n) is 9.70. The van der Waals surface area contributed by atoms with Crippen LogP contribution in [-0.4, -0.2) is 32.6 Å². The van der Waals surface area contributed by atoms with E-state index in [9.17, 15) is 4.57 Å². The van der Waals surface area contributed by atoms with Gasteiger partial charge in [-0.15, -0.1) is 0 Å². The van der Waals surface area contributed by atoms with Crippen LogP contribution >= 0.6 is 7.60 Å². The molecule has 1 rings (SSSR count). The first-order valence-corrected chi connectivity index (χ1v) is 6.55. The van der Waals surface area contributed by atoms with E-state index in [0.29, 0.717) is 6.61 Å². The Morgan fingerprint density at radius 3 is 1.65 bits per heavy atom. The molecule has 9 nitrogen and oxygen atoms in total. The first kappa shape index (κ1) is 15.6. The molecule has 0 aliphatic heterocycles. The first-order chi connectivity index (χ1) is 7.80. The molecule has 1 heterocycles. The topological polar surface area (TPSA) is 163 Å². The Labute approximate surface area is 98.9 Å². The largest absolute Gasteiger partial charge is 0.368 e. The van der Waals surface area contributed by atoms with Gasteiger partial charge in [-0.25, -0.2) is 0 Å². The zero-order chi connectivity index (χ0) is 13.5. The molecule has 1 aromatic rings. The standard InChI is InChI=1S/C4H11O3P.C3H6N6/c1-3-7-8(5,6)4-2;4-1-7-2(5)9-3(6)8-1/h3-4H2,1-2H3,(H,5,6);(H6,4,5,6,7,8,9). The van der Waals surface area contributed by atoms with Gasteiger partial charge in [-0.3, -0.25) is 4.57 Å². The van der Waals surface area contributed by atoms with Crippen LogP contribution in [0.5, 0.6) is 0 Å². The minimum atomic E-state index is -3.17. The van der Waals surface area contributed by atoms with Gasteiger partial charge in [0.05, 0.1) is 6.61 Å². The van der Waals surface area contributed by atoms with Gasteiger partial charge in [0.1, 0.15) is 0 Å². The lowest BCUT2D eigenvalue weighted by atomic mass is 10.9. The fraction of sp³-hybridized carbons (Fsp3) is 0.571. The maximum atomic E-state index is 10.5. The van der Waals surface area contributed by atoms with Crippen molar-refractivity contribution in [2.24, 2.45) is 0 Å². The lowest BCUT2D eigenvalue weighted by Crippen LogP contribution is -2.05. The summed E-state index contributed by atoms with van der Waals surface area (Å²) in [5.74, 6) is 0.125. The summed E-state index contributed by atoms with van der Waals surface area (Å²) in [6, 6.07) is 0. The summed E-state index contributed by atoms with van der Waals surface area (Å²) in [4.78, 5) is 19.1. The Morgan fingerprint density at radius 2 is 1.47 bits per heavy atom. The average Bonchev–Trinajstić information content (AvgIpc) is 2.16. The Balaban J connectivity index is 0.000000304. The molecular formula is C7H17N6O3P. The molecule has 1 atom stereocenters. The Kier molecular flexibility index (Phi) is 6.40. The number of anilines is 3. The van der Waals surface area contributed by atoms with Crippen molar-refractivity contribution in [3.8, 4) is 0 Å². The SMILES string of the molecule is CCOP(=O)(O)CC.Nc1nc(N)nc(N)n1. The van der Waals surface area contributed by atoms with Gasteiger partial charge in [0.15, 0.2) is 0 Å². The van der Waals surface area contributed by atoms with Crippen molar-refractivity contribution in [3.63, 3.8) is 0 Å². The summed E-state index contributed by atoms with van der Waals surface area (Å²) >= 11 is 0. The smallest absolute Gasteiger partial charge is 0.327 e. The summed E-state index contributed by atoms with van der Waals surface area (Å²) in [5, 5.41) is 0. The molecule has 0 aliphatic carbocycles. The van der Waals surface area contributed by atoms with Gasteiger partial charge in [0, 0.05) is 6.16 Å². The number of aromatic nitrogens is 3. The molecule has 0 saturated carbocycles. The van der Waals surface area contributed by atoms with Crippen LogP contribution in [0.4, 0.5) is 17.8 Å². The molecule has 0 spiro atoms. The predicted molar refractivity (Wildman–Crippen MR) is 65.1 cm³/mol. The van der Waals surface area contributed by atoms with Crippen LogP contribution in [0.25, 0.3) is 0 Å². The van der Waals surface area contributed by atoms with E-state index < -0.39 is 7.60 Å². The summed E-state index contributed by atoms with van der Waals surface area (Å²) in [6.07, 6.45) is 0.195. The minimum Gasteiger partial charge on any atom is -0.368 e. The van der Waals surface area contributed by atoms with E-state index in [2.05, 4.69) is 19.5 Å².